The van der Waals surface area contributed by atoms with Gasteiger partial charge in [0.1, 0.15) is 28.6 Å². The van der Waals surface area contributed by atoms with Gasteiger partial charge in [0.2, 0.25) is 5.78 Å². The number of nitrogens with two attached hydrogens (primary N) is 1. The van der Waals surface area contributed by atoms with Crippen LogP contribution < -0.4 is 15.8 Å². The molecule has 0 bridgehead atoms. The van der Waals surface area contributed by atoms with Crippen molar-refractivity contribution in [2.24, 2.45) is 17.6 Å². The average molecular weight is 611 g/mol. The molecule has 10 heteroatoms. The predicted octanol–water partition coefficient (Wildman–Crippen LogP) is 3.59. The molecule has 0 spiro atoms. The summed E-state index contributed by atoms with van der Waals surface area (Å²) in [6.45, 7) is 1.36. The fraction of sp³-hybridized carbons (Fsp3) is 0.286. The number of fused-ring (bicyclic) bond motifs is 3. The number of hydrogen-bond acceptors (Lipinski definition) is 9. The predicted molar refractivity (Wildman–Crippen MR) is 165 cm³/mol. The molecule has 3 atom stereocenters. The van der Waals surface area contributed by atoms with E-state index in [-0.39, 0.29) is 36.1 Å². The van der Waals surface area contributed by atoms with E-state index in [9.17, 15) is 34.8 Å². The summed E-state index contributed by atoms with van der Waals surface area (Å²) in [7, 11) is 1.55. The molecule has 3 aliphatic rings. The average Bonchev–Trinajstić information content (AvgIpc) is 3.01. The third-order valence-electron chi connectivity index (χ3n) is 9.26. The van der Waals surface area contributed by atoms with Crippen molar-refractivity contribution in [3.63, 3.8) is 0 Å². The summed E-state index contributed by atoms with van der Waals surface area (Å²) in [5.74, 6) is -6.03. The Bertz CT molecular complexity index is 1790. The molecule has 0 unspecified atom stereocenters. The lowest BCUT2D eigenvalue weighted by Gasteiger charge is -2.45. The van der Waals surface area contributed by atoms with Crippen LogP contribution in [0, 0.1) is 11.8 Å². The van der Waals surface area contributed by atoms with Gasteiger partial charge in [-0.25, -0.2) is 0 Å². The van der Waals surface area contributed by atoms with Gasteiger partial charge in [-0.3, -0.25) is 14.4 Å². The zero-order valence-electron chi connectivity index (χ0n) is 24.7. The summed E-state index contributed by atoms with van der Waals surface area (Å²) in [4.78, 5) is 39.1. The number of phenols is 1. The van der Waals surface area contributed by atoms with Crippen LogP contribution >= 0.6 is 0 Å². The number of carbonyl (C=O) groups excluding carboxylic acids is 3. The number of hydrogen-bond donors (Lipinski definition) is 6. The highest BCUT2D eigenvalue weighted by Gasteiger charge is 2.59. The minimum Gasteiger partial charge on any atom is -0.511 e. The van der Waals surface area contributed by atoms with Gasteiger partial charge in [-0.1, -0.05) is 42.5 Å². The van der Waals surface area contributed by atoms with E-state index in [1.807, 2.05) is 36.4 Å². The van der Waals surface area contributed by atoms with E-state index in [2.05, 4.69) is 17.4 Å². The Morgan fingerprint density at radius 2 is 1.76 bits per heavy atom. The molecule has 0 saturated heterocycles. The standard InChI is InChI=1S/C35H34N2O8/c1-45-27-10-7-19(17-37-12-11-18-5-3-2-4-6-18)13-23(27)22-8-9-25(38)29-24(22)15-20-14-21-16-26(39)30(34(36)43)33(42)35(21,44)32(41)28(20)31(29)40/h2-10,13,20-21,37-39,41,44H,11-12,14-17H2,1H3,(H2,36,43)/t20-,21+,35+/m1/s1. The maximum absolute atomic E-state index is 14.0. The third-order valence-corrected chi connectivity index (χ3v) is 9.26. The number of amides is 1. The Balaban J connectivity index is 1.36. The van der Waals surface area contributed by atoms with Crippen LogP contribution in [0.2, 0.25) is 0 Å². The van der Waals surface area contributed by atoms with Crippen molar-refractivity contribution >= 4 is 17.5 Å². The second kappa shape index (κ2) is 11.5. The number of rotatable bonds is 8. The molecule has 7 N–H and O–H groups in total. The van der Waals surface area contributed by atoms with Crippen molar-refractivity contribution in [2.75, 3.05) is 13.7 Å². The fourth-order valence-electron chi connectivity index (χ4n) is 7.06. The van der Waals surface area contributed by atoms with Gasteiger partial charge >= 0.3 is 0 Å². The van der Waals surface area contributed by atoms with Gasteiger partial charge in [-0.2, -0.15) is 0 Å². The molecule has 1 amide bonds. The van der Waals surface area contributed by atoms with Crippen LogP contribution in [0.25, 0.3) is 11.1 Å². The van der Waals surface area contributed by atoms with Gasteiger partial charge in [-0.05, 0) is 72.2 Å². The summed E-state index contributed by atoms with van der Waals surface area (Å²) in [6.07, 6.45) is 0.845. The number of Topliss-reactive ketones (excluding diaryl/α,β-unsaturated/α-hetero) is 2. The van der Waals surface area contributed by atoms with Crippen molar-refractivity contribution < 1.29 is 39.5 Å². The molecule has 0 aliphatic heterocycles. The highest BCUT2D eigenvalue weighted by atomic mass is 16.5. The maximum atomic E-state index is 14.0. The Morgan fingerprint density at radius 3 is 2.47 bits per heavy atom. The van der Waals surface area contributed by atoms with Gasteiger partial charge < -0.3 is 36.2 Å². The number of phenolic OH excluding ortho intramolecular Hbond substituents is 1. The molecule has 0 aromatic heterocycles. The van der Waals surface area contributed by atoms with Crippen molar-refractivity contribution in [3.8, 4) is 22.6 Å². The summed E-state index contributed by atoms with van der Waals surface area (Å²) in [5.41, 5.74) is 5.78. The molecule has 45 heavy (non-hydrogen) atoms. The lowest BCUT2D eigenvalue weighted by Crippen LogP contribution is -2.57. The van der Waals surface area contributed by atoms with E-state index < -0.39 is 52.0 Å². The number of carbonyl (C=O) groups is 3. The fourth-order valence-corrected chi connectivity index (χ4v) is 7.06. The lowest BCUT2D eigenvalue weighted by atomic mass is 9.60. The van der Waals surface area contributed by atoms with Gasteiger partial charge in [0.05, 0.1) is 12.7 Å². The molecule has 0 fully saturated rings. The third kappa shape index (κ3) is 4.96. The Morgan fingerprint density at radius 1 is 1.00 bits per heavy atom. The van der Waals surface area contributed by atoms with Crippen LogP contribution in [0.1, 0.15) is 39.9 Å². The number of aliphatic hydroxyl groups is 3. The number of aliphatic hydroxyl groups excluding tert-OH is 2. The van der Waals surface area contributed by atoms with E-state index in [0.29, 0.717) is 29.0 Å². The quantitative estimate of drug-likeness (QED) is 0.164. The first-order valence-corrected chi connectivity index (χ1v) is 14.8. The molecule has 0 saturated carbocycles. The largest absolute Gasteiger partial charge is 0.511 e. The number of aromatic hydroxyl groups is 1. The highest BCUT2D eigenvalue weighted by molar-refractivity contribution is 6.24. The van der Waals surface area contributed by atoms with E-state index in [0.717, 1.165) is 18.5 Å². The minimum atomic E-state index is -2.60. The van der Waals surface area contributed by atoms with Crippen LogP contribution in [0.5, 0.6) is 11.5 Å². The zero-order valence-corrected chi connectivity index (χ0v) is 24.7. The maximum Gasteiger partial charge on any atom is 0.255 e. The van der Waals surface area contributed by atoms with E-state index in [1.54, 1.807) is 13.2 Å². The highest BCUT2D eigenvalue weighted by Crippen LogP contribution is 2.52. The molecular weight excluding hydrogens is 576 g/mol. The molecule has 0 radical (unpaired) electrons. The van der Waals surface area contributed by atoms with Crippen LogP contribution in [0.4, 0.5) is 0 Å². The first kappa shape index (κ1) is 30.1. The summed E-state index contributed by atoms with van der Waals surface area (Å²) < 4.78 is 5.69. The molecule has 10 nitrogen and oxygen atoms in total. The second-order valence-electron chi connectivity index (χ2n) is 11.8. The smallest absolute Gasteiger partial charge is 0.255 e. The topological polar surface area (TPSA) is 179 Å². The van der Waals surface area contributed by atoms with Crippen LogP contribution in [0.15, 0.2) is 83.3 Å². The van der Waals surface area contributed by atoms with Crippen LogP contribution in [-0.2, 0) is 29.0 Å². The molecule has 232 valence electrons. The lowest BCUT2D eigenvalue weighted by molar-refractivity contribution is -0.144. The molecule has 3 aromatic carbocycles. The number of benzene rings is 3. The van der Waals surface area contributed by atoms with Gasteiger partial charge in [-0.15, -0.1) is 0 Å². The van der Waals surface area contributed by atoms with Gasteiger partial charge in [0, 0.05) is 30.0 Å². The number of allylic oxidation sites excluding steroid dienone is 2. The number of primary amides is 1. The van der Waals surface area contributed by atoms with Crippen molar-refractivity contribution in [2.45, 2.75) is 37.8 Å². The molecule has 6 rings (SSSR count). The van der Waals surface area contributed by atoms with Crippen LogP contribution in [-0.4, -0.2) is 57.2 Å². The summed E-state index contributed by atoms with van der Waals surface area (Å²) in [5, 5.41) is 47.6. The van der Waals surface area contributed by atoms with E-state index in [1.165, 1.54) is 11.6 Å². The molecule has 3 aliphatic carbocycles. The molecule has 0 heterocycles. The second-order valence-corrected chi connectivity index (χ2v) is 11.8. The van der Waals surface area contributed by atoms with E-state index in [4.69, 9.17) is 10.5 Å². The van der Waals surface area contributed by atoms with Crippen molar-refractivity contribution in [1.82, 2.24) is 5.32 Å². The number of methoxy groups -OCH3 is 1. The first-order valence-electron chi connectivity index (χ1n) is 14.8. The minimum absolute atomic E-state index is 0.0439. The summed E-state index contributed by atoms with van der Waals surface area (Å²) >= 11 is 0. The Labute approximate surface area is 259 Å². The van der Waals surface area contributed by atoms with Crippen LogP contribution in [0.3, 0.4) is 0 Å². The SMILES string of the molecule is COc1ccc(CNCCc2ccccc2)cc1-c1ccc(O)c2c1C[C@H]1C[C@H]3CC(O)=C(C(N)=O)C(=O)[C@@]3(O)C(O)=C1C2=O. The molecule has 3 aromatic rings. The van der Waals surface area contributed by atoms with Gasteiger partial charge in [0.25, 0.3) is 5.91 Å². The normalized spacial score (nSPS) is 22.5. The zero-order chi connectivity index (χ0) is 32.0. The van der Waals surface area contributed by atoms with Crippen molar-refractivity contribution in [3.05, 3.63) is 106 Å². The Hall–Kier alpha value is -4.93. The van der Waals surface area contributed by atoms with Gasteiger partial charge in [0.15, 0.2) is 11.4 Å². The van der Waals surface area contributed by atoms with Crippen molar-refractivity contribution in [1.29, 1.82) is 0 Å². The molecular formula is C35H34N2O8. The van der Waals surface area contributed by atoms with E-state index >= 15 is 0 Å². The monoisotopic (exact) mass is 610 g/mol. The number of ketones is 2. The summed E-state index contributed by atoms with van der Waals surface area (Å²) in [6, 6.07) is 19.1. The number of ether oxygens (including phenoxy) is 1. The Kier molecular flexibility index (Phi) is 7.72. The number of nitrogens with one attached hydrogen (secondary N) is 1. The first-order chi connectivity index (χ1) is 21.6.